The number of nitrogens with zero attached hydrogens (tertiary/aromatic N) is 2. The molecule has 0 aromatic heterocycles. The number of rotatable bonds is 9. The number of sulfonamides is 1. The maximum absolute atomic E-state index is 14.0. The smallest absolute Gasteiger partial charge is 0.264 e. The number of aryl methyl sites for hydroxylation is 2. The SMILES string of the molecule is Cc1ccc(S(=O)(=O)N(CC(=O)N(Cc2c(Cl)cccc2Cl)[C@@H](C)C(=O)NC(C)(C)C)c2cccc(C)c2)cc1. The maximum atomic E-state index is 14.0. The molecular weight excluding hydrogens is 569 g/mol. The predicted molar refractivity (Wildman–Crippen MR) is 161 cm³/mol. The molecule has 0 fully saturated rings. The van der Waals surface area contributed by atoms with Crippen molar-refractivity contribution < 1.29 is 18.0 Å². The Labute approximate surface area is 247 Å². The average molecular weight is 605 g/mol. The van der Waals surface area contributed by atoms with Crippen LogP contribution < -0.4 is 9.62 Å². The van der Waals surface area contributed by atoms with E-state index in [9.17, 15) is 18.0 Å². The van der Waals surface area contributed by atoms with Crippen LogP contribution in [0.2, 0.25) is 10.0 Å². The summed E-state index contributed by atoms with van der Waals surface area (Å²) in [6, 6.07) is 17.3. The number of carbonyl (C=O) groups excluding carboxylic acids is 2. The Morgan fingerprint density at radius 2 is 1.48 bits per heavy atom. The van der Waals surface area contributed by atoms with Gasteiger partial charge in [-0.25, -0.2) is 8.42 Å². The van der Waals surface area contributed by atoms with Gasteiger partial charge < -0.3 is 10.2 Å². The molecule has 1 N–H and O–H groups in total. The minimum atomic E-state index is -4.15. The number of nitrogens with one attached hydrogen (secondary N) is 1. The van der Waals surface area contributed by atoms with E-state index in [0.717, 1.165) is 15.4 Å². The lowest BCUT2D eigenvalue weighted by atomic mass is 10.1. The van der Waals surface area contributed by atoms with E-state index in [4.69, 9.17) is 23.2 Å². The molecule has 10 heteroatoms. The van der Waals surface area contributed by atoms with Crippen molar-refractivity contribution in [1.29, 1.82) is 0 Å². The summed E-state index contributed by atoms with van der Waals surface area (Å²) in [7, 11) is -4.15. The lowest BCUT2D eigenvalue weighted by molar-refractivity contribution is -0.140. The zero-order chi connectivity index (χ0) is 29.8. The third kappa shape index (κ3) is 7.77. The van der Waals surface area contributed by atoms with E-state index in [1.54, 1.807) is 55.5 Å². The van der Waals surface area contributed by atoms with Gasteiger partial charge in [-0.2, -0.15) is 0 Å². The molecule has 3 aromatic carbocycles. The van der Waals surface area contributed by atoms with Crippen LogP contribution in [0.1, 0.15) is 44.4 Å². The van der Waals surface area contributed by atoms with Gasteiger partial charge in [0.2, 0.25) is 11.8 Å². The van der Waals surface area contributed by atoms with Crippen LogP contribution in [0.3, 0.4) is 0 Å². The van der Waals surface area contributed by atoms with Gasteiger partial charge in [-0.3, -0.25) is 13.9 Å². The van der Waals surface area contributed by atoms with E-state index < -0.39 is 40.0 Å². The van der Waals surface area contributed by atoms with E-state index in [-0.39, 0.29) is 11.4 Å². The molecule has 0 bridgehead atoms. The Morgan fingerprint density at radius 1 is 0.900 bits per heavy atom. The molecule has 7 nitrogen and oxygen atoms in total. The summed E-state index contributed by atoms with van der Waals surface area (Å²) in [4.78, 5) is 28.6. The van der Waals surface area contributed by atoms with Crippen LogP contribution in [0, 0.1) is 13.8 Å². The molecule has 0 unspecified atom stereocenters. The second-order valence-electron chi connectivity index (χ2n) is 10.8. The third-order valence-electron chi connectivity index (χ3n) is 6.23. The fourth-order valence-corrected chi connectivity index (χ4v) is 5.98. The van der Waals surface area contributed by atoms with Crippen molar-refractivity contribution in [1.82, 2.24) is 10.2 Å². The predicted octanol–water partition coefficient (Wildman–Crippen LogP) is 6.14. The number of hydrogen-bond acceptors (Lipinski definition) is 4. The number of amides is 2. The summed E-state index contributed by atoms with van der Waals surface area (Å²) in [5, 5.41) is 3.55. The highest BCUT2D eigenvalue weighted by atomic mass is 35.5. The fraction of sp³-hybridized carbons (Fsp3) is 0.333. The van der Waals surface area contributed by atoms with Gasteiger partial charge in [0, 0.05) is 27.7 Å². The topological polar surface area (TPSA) is 86.8 Å². The van der Waals surface area contributed by atoms with Gasteiger partial charge in [0.25, 0.3) is 10.0 Å². The van der Waals surface area contributed by atoms with Crippen molar-refractivity contribution in [2.45, 2.75) is 64.6 Å². The van der Waals surface area contributed by atoms with E-state index in [1.807, 2.05) is 40.7 Å². The van der Waals surface area contributed by atoms with E-state index in [1.165, 1.54) is 17.0 Å². The van der Waals surface area contributed by atoms with E-state index in [2.05, 4.69) is 5.32 Å². The van der Waals surface area contributed by atoms with Crippen LogP contribution >= 0.6 is 23.2 Å². The Balaban J connectivity index is 2.08. The first-order valence-electron chi connectivity index (χ1n) is 12.8. The lowest BCUT2D eigenvalue weighted by Crippen LogP contribution is -2.54. The number of benzene rings is 3. The molecule has 0 saturated heterocycles. The highest BCUT2D eigenvalue weighted by Crippen LogP contribution is 2.29. The molecule has 0 radical (unpaired) electrons. The standard InChI is InChI=1S/C30H35Cl2N3O4S/c1-20-13-15-24(16-14-20)40(38,39)35(23-10-7-9-21(2)17-23)19-28(36)34(22(3)29(37)33-30(4,5)6)18-25-26(31)11-8-12-27(25)32/h7-17,22H,18-19H2,1-6H3,(H,33,37)/t22-/m0/s1. The molecule has 0 aliphatic rings. The van der Waals surface area contributed by atoms with Crippen LogP contribution in [0.4, 0.5) is 5.69 Å². The van der Waals surface area contributed by atoms with Gasteiger partial charge in [0.05, 0.1) is 10.6 Å². The monoisotopic (exact) mass is 603 g/mol. The van der Waals surface area contributed by atoms with Gasteiger partial charge in [-0.1, -0.05) is 59.1 Å². The van der Waals surface area contributed by atoms with Crippen molar-refractivity contribution in [3.63, 3.8) is 0 Å². The first kappa shape index (κ1) is 31.5. The minimum absolute atomic E-state index is 0.0478. The van der Waals surface area contributed by atoms with Gasteiger partial charge >= 0.3 is 0 Å². The largest absolute Gasteiger partial charge is 0.350 e. The van der Waals surface area contributed by atoms with Gasteiger partial charge in [-0.05, 0) is 83.5 Å². The van der Waals surface area contributed by atoms with Crippen molar-refractivity contribution in [2.24, 2.45) is 0 Å². The second-order valence-corrected chi connectivity index (χ2v) is 13.5. The van der Waals surface area contributed by atoms with Crippen LogP contribution in [-0.2, 0) is 26.2 Å². The van der Waals surface area contributed by atoms with Crippen LogP contribution in [-0.4, -0.2) is 43.3 Å². The minimum Gasteiger partial charge on any atom is -0.350 e. The number of carbonyl (C=O) groups is 2. The third-order valence-corrected chi connectivity index (χ3v) is 8.73. The van der Waals surface area contributed by atoms with Gasteiger partial charge in [-0.15, -0.1) is 0 Å². The summed E-state index contributed by atoms with van der Waals surface area (Å²) < 4.78 is 28.9. The number of anilines is 1. The summed E-state index contributed by atoms with van der Waals surface area (Å²) >= 11 is 12.8. The molecule has 0 aliphatic carbocycles. The quantitative estimate of drug-likeness (QED) is 0.318. The summed E-state index contributed by atoms with van der Waals surface area (Å²) in [6.07, 6.45) is 0. The summed E-state index contributed by atoms with van der Waals surface area (Å²) in [5.41, 5.74) is 1.96. The molecule has 0 spiro atoms. The lowest BCUT2D eigenvalue weighted by Gasteiger charge is -2.34. The molecule has 214 valence electrons. The zero-order valence-electron chi connectivity index (χ0n) is 23.5. The Kier molecular flexibility index (Phi) is 9.93. The van der Waals surface area contributed by atoms with Crippen molar-refractivity contribution in [2.75, 3.05) is 10.8 Å². The number of hydrogen-bond donors (Lipinski definition) is 1. The number of halogens is 2. The molecule has 0 saturated carbocycles. The normalized spacial score (nSPS) is 12.5. The molecule has 40 heavy (non-hydrogen) atoms. The molecule has 0 aliphatic heterocycles. The maximum Gasteiger partial charge on any atom is 0.264 e. The fourth-order valence-electron chi connectivity index (χ4n) is 4.06. The Morgan fingerprint density at radius 3 is 2.02 bits per heavy atom. The zero-order valence-corrected chi connectivity index (χ0v) is 25.9. The molecule has 3 aromatic rings. The molecule has 3 rings (SSSR count). The van der Waals surface area contributed by atoms with Crippen molar-refractivity contribution in [3.8, 4) is 0 Å². The van der Waals surface area contributed by atoms with Gasteiger partial charge in [0.15, 0.2) is 0 Å². The Bertz CT molecular complexity index is 1470. The summed E-state index contributed by atoms with van der Waals surface area (Å²) in [6.45, 7) is 10.2. The van der Waals surface area contributed by atoms with Crippen molar-refractivity contribution >= 4 is 50.7 Å². The molecule has 1 atom stereocenters. The van der Waals surface area contributed by atoms with E-state index in [0.29, 0.717) is 21.3 Å². The van der Waals surface area contributed by atoms with Crippen molar-refractivity contribution in [3.05, 3.63) is 93.5 Å². The van der Waals surface area contributed by atoms with E-state index >= 15 is 0 Å². The first-order chi connectivity index (χ1) is 18.6. The summed E-state index contributed by atoms with van der Waals surface area (Å²) in [5.74, 6) is -0.989. The van der Waals surface area contributed by atoms with Gasteiger partial charge in [0.1, 0.15) is 12.6 Å². The highest BCUT2D eigenvalue weighted by Gasteiger charge is 2.34. The van der Waals surface area contributed by atoms with Crippen LogP contribution in [0.25, 0.3) is 0 Å². The van der Waals surface area contributed by atoms with Crippen LogP contribution in [0.5, 0.6) is 0 Å². The molecular formula is C30H35Cl2N3O4S. The molecule has 0 heterocycles. The average Bonchev–Trinajstić information content (AvgIpc) is 2.85. The first-order valence-corrected chi connectivity index (χ1v) is 15.0. The highest BCUT2D eigenvalue weighted by molar-refractivity contribution is 7.92. The van der Waals surface area contributed by atoms with Crippen LogP contribution in [0.15, 0.2) is 71.6 Å². The Hall–Kier alpha value is -3.07. The molecule has 2 amide bonds. The second kappa shape index (κ2) is 12.6.